The summed E-state index contributed by atoms with van der Waals surface area (Å²) in [6, 6.07) is 1.68. The highest BCUT2D eigenvalue weighted by Crippen LogP contribution is 2.45. The van der Waals surface area contributed by atoms with E-state index in [1.165, 1.54) is 0 Å². The van der Waals surface area contributed by atoms with Crippen LogP contribution in [-0.4, -0.2) is 21.7 Å². The van der Waals surface area contributed by atoms with Crippen LogP contribution in [0, 0.1) is 0 Å². The third kappa shape index (κ3) is 1.73. The number of amides is 1. The smallest absolute Gasteiger partial charge is 0.279 e. The molecule has 0 spiro atoms. The van der Waals surface area contributed by atoms with Crippen LogP contribution < -0.4 is 5.32 Å². The second kappa shape index (κ2) is 3.73. The number of nitrogens with zero attached hydrogens (tertiary/aromatic N) is 2. The lowest BCUT2D eigenvalue weighted by atomic mass is 10.1. The SMILES string of the molecule is C=C(F)C(=O)NC(C)C1(n2cccn2)CC1. The van der Waals surface area contributed by atoms with Crippen molar-refractivity contribution in [1.29, 1.82) is 0 Å². The van der Waals surface area contributed by atoms with Crippen LogP contribution in [0.15, 0.2) is 30.9 Å². The van der Waals surface area contributed by atoms with E-state index in [-0.39, 0.29) is 11.6 Å². The van der Waals surface area contributed by atoms with Gasteiger partial charge in [-0.2, -0.15) is 5.10 Å². The summed E-state index contributed by atoms with van der Waals surface area (Å²) in [7, 11) is 0. The van der Waals surface area contributed by atoms with Gasteiger partial charge in [0.15, 0.2) is 5.83 Å². The van der Waals surface area contributed by atoms with Gasteiger partial charge in [-0.05, 0) is 25.8 Å². The molecule has 0 bridgehead atoms. The van der Waals surface area contributed by atoms with Crippen molar-refractivity contribution in [2.24, 2.45) is 0 Å². The number of hydrogen-bond acceptors (Lipinski definition) is 2. The Morgan fingerprint density at radius 3 is 2.81 bits per heavy atom. The molecule has 16 heavy (non-hydrogen) atoms. The zero-order valence-corrected chi connectivity index (χ0v) is 9.11. The van der Waals surface area contributed by atoms with Gasteiger partial charge < -0.3 is 5.32 Å². The molecule has 1 N–H and O–H groups in total. The molecule has 4 nitrogen and oxygen atoms in total. The lowest BCUT2D eigenvalue weighted by molar-refractivity contribution is -0.119. The monoisotopic (exact) mass is 223 g/mol. The molecular formula is C11H14FN3O. The van der Waals surface area contributed by atoms with Gasteiger partial charge in [0, 0.05) is 12.4 Å². The fourth-order valence-electron chi connectivity index (χ4n) is 1.93. The second-order valence-electron chi connectivity index (χ2n) is 4.15. The molecule has 1 amide bonds. The fraction of sp³-hybridized carbons (Fsp3) is 0.455. The Labute approximate surface area is 93.1 Å². The van der Waals surface area contributed by atoms with Crippen LogP contribution in [0.5, 0.6) is 0 Å². The molecule has 0 saturated heterocycles. The molecule has 1 aliphatic rings. The van der Waals surface area contributed by atoms with E-state index in [1.54, 1.807) is 6.20 Å². The maximum absolute atomic E-state index is 12.6. The summed E-state index contributed by atoms with van der Waals surface area (Å²) in [5, 5.41) is 6.77. The molecule has 1 heterocycles. The Hall–Kier alpha value is -1.65. The summed E-state index contributed by atoms with van der Waals surface area (Å²) in [4.78, 5) is 11.2. The van der Waals surface area contributed by atoms with Gasteiger partial charge in [-0.15, -0.1) is 0 Å². The Morgan fingerprint density at radius 2 is 2.38 bits per heavy atom. The molecule has 86 valence electrons. The maximum Gasteiger partial charge on any atom is 0.279 e. The largest absolute Gasteiger partial charge is 0.345 e. The first-order valence-electron chi connectivity index (χ1n) is 5.22. The van der Waals surface area contributed by atoms with Crippen LogP contribution in [0.3, 0.4) is 0 Å². The second-order valence-corrected chi connectivity index (χ2v) is 4.15. The third-order valence-electron chi connectivity index (χ3n) is 3.12. The Bertz CT molecular complexity index is 409. The summed E-state index contributed by atoms with van der Waals surface area (Å²) < 4.78 is 14.4. The molecule has 5 heteroatoms. The predicted molar refractivity (Wildman–Crippen MR) is 57.3 cm³/mol. The standard InChI is InChI=1S/C11H14FN3O/c1-8(12)10(16)14-9(2)11(4-5-11)15-7-3-6-13-15/h3,6-7,9H,1,4-5H2,2H3,(H,14,16). The van der Waals surface area contributed by atoms with E-state index < -0.39 is 11.7 Å². The quantitative estimate of drug-likeness (QED) is 0.783. The highest BCUT2D eigenvalue weighted by atomic mass is 19.1. The Morgan fingerprint density at radius 1 is 1.69 bits per heavy atom. The number of aromatic nitrogens is 2. The number of carbonyl (C=O) groups is 1. The Balaban J connectivity index is 2.08. The van der Waals surface area contributed by atoms with Crippen LogP contribution in [-0.2, 0) is 10.3 Å². The predicted octanol–water partition coefficient (Wildman–Crippen LogP) is 1.36. The van der Waals surface area contributed by atoms with Crippen molar-refractivity contribution in [3.05, 3.63) is 30.9 Å². The molecule has 1 aromatic heterocycles. The molecule has 2 rings (SSSR count). The number of hydrogen-bond donors (Lipinski definition) is 1. The van der Waals surface area contributed by atoms with E-state index in [4.69, 9.17) is 0 Å². The first-order chi connectivity index (χ1) is 7.56. The van der Waals surface area contributed by atoms with Crippen molar-refractivity contribution in [2.75, 3.05) is 0 Å². The highest BCUT2D eigenvalue weighted by Gasteiger charge is 2.50. The van der Waals surface area contributed by atoms with Gasteiger partial charge in [-0.1, -0.05) is 6.58 Å². The molecule has 1 aromatic rings. The summed E-state index contributed by atoms with van der Waals surface area (Å²) in [5.74, 6) is -1.70. The summed E-state index contributed by atoms with van der Waals surface area (Å²) in [6.07, 6.45) is 5.44. The first-order valence-corrected chi connectivity index (χ1v) is 5.22. The van der Waals surface area contributed by atoms with Crippen molar-refractivity contribution < 1.29 is 9.18 Å². The normalized spacial score (nSPS) is 18.9. The van der Waals surface area contributed by atoms with E-state index in [2.05, 4.69) is 17.0 Å². The molecule has 1 aliphatic carbocycles. The van der Waals surface area contributed by atoms with Crippen LogP contribution in [0.4, 0.5) is 4.39 Å². The zero-order valence-electron chi connectivity index (χ0n) is 9.11. The van der Waals surface area contributed by atoms with Gasteiger partial charge in [0.05, 0.1) is 11.6 Å². The maximum atomic E-state index is 12.6. The Kier molecular flexibility index (Phi) is 2.53. The number of halogens is 1. The minimum absolute atomic E-state index is 0.160. The van der Waals surface area contributed by atoms with Crippen molar-refractivity contribution in [3.63, 3.8) is 0 Å². The molecule has 1 atom stereocenters. The summed E-state index contributed by atoms with van der Waals surface area (Å²) in [6.45, 7) is 4.83. The average molecular weight is 223 g/mol. The summed E-state index contributed by atoms with van der Waals surface area (Å²) >= 11 is 0. The number of nitrogens with one attached hydrogen (secondary N) is 1. The van der Waals surface area contributed by atoms with Gasteiger partial charge in [0.1, 0.15) is 0 Å². The van der Waals surface area contributed by atoms with Crippen LogP contribution in [0.2, 0.25) is 0 Å². The molecule has 1 unspecified atom stereocenters. The number of rotatable bonds is 4. The molecule has 0 aromatic carbocycles. The van der Waals surface area contributed by atoms with Crippen molar-refractivity contribution in [1.82, 2.24) is 15.1 Å². The molecule has 0 aliphatic heterocycles. The van der Waals surface area contributed by atoms with Crippen molar-refractivity contribution >= 4 is 5.91 Å². The van der Waals surface area contributed by atoms with E-state index in [0.29, 0.717) is 0 Å². The van der Waals surface area contributed by atoms with Crippen LogP contribution in [0.1, 0.15) is 19.8 Å². The van der Waals surface area contributed by atoms with Crippen LogP contribution >= 0.6 is 0 Å². The fourth-order valence-corrected chi connectivity index (χ4v) is 1.93. The van der Waals surface area contributed by atoms with Gasteiger partial charge >= 0.3 is 0 Å². The van der Waals surface area contributed by atoms with E-state index in [0.717, 1.165) is 12.8 Å². The van der Waals surface area contributed by atoms with Crippen molar-refractivity contribution in [3.8, 4) is 0 Å². The van der Waals surface area contributed by atoms with E-state index >= 15 is 0 Å². The van der Waals surface area contributed by atoms with Gasteiger partial charge in [-0.25, -0.2) is 4.39 Å². The summed E-state index contributed by atoms with van der Waals surface area (Å²) in [5.41, 5.74) is -0.186. The van der Waals surface area contributed by atoms with Crippen LogP contribution in [0.25, 0.3) is 0 Å². The third-order valence-corrected chi connectivity index (χ3v) is 3.12. The van der Waals surface area contributed by atoms with Gasteiger partial charge in [0.2, 0.25) is 0 Å². The van der Waals surface area contributed by atoms with Crippen molar-refractivity contribution in [2.45, 2.75) is 31.3 Å². The minimum atomic E-state index is -0.955. The molecule has 1 fully saturated rings. The van der Waals surface area contributed by atoms with E-state index in [9.17, 15) is 9.18 Å². The molecule has 0 radical (unpaired) electrons. The zero-order chi connectivity index (χ0) is 11.8. The van der Waals surface area contributed by atoms with Gasteiger partial charge in [-0.3, -0.25) is 9.48 Å². The lowest BCUT2D eigenvalue weighted by Gasteiger charge is -2.24. The minimum Gasteiger partial charge on any atom is -0.345 e. The highest BCUT2D eigenvalue weighted by molar-refractivity contribution is 5.90. The average Bonchev–Trinajstić information content (AvgIpc) is 2.87. The number of carbonyl (C=O) groups excluding carboxylic acids is 1. The first kappa shape index (κ1) is 10.9. The molecule has 1 saturated carbocycles. The topological polar surface area (TPSA) is 46.9 Å². The van der Waals surface area contributed by atoms with Gasteiger partial charge in [0.25, 0.3) is 5.91 Å². The molecular weight excluding hydrogens is 209 g/mol. The van der Waals surface area contributed by atoms with E-state index in [1.807, 2.05) is 23.9 Å². The lowest BCUT2D eigenvalue weighted by Crippen LogP contribution is -2.44.